The average molecular weight is 348 g/mol. The van der Waals surface area contributed by atoms with Gasteiger partial charge in [0.2, 0.25) is 5.91 Å². The van der Waals surface area contributed by atoms with Gasteiger partial charge >= 0.3 is 0 Å². The molecule has 4 heteroatoms. The van der Waals surface area contributed by atoms with Crippen LogP contribution in [0.15, 0.2) is 59.0 Å². The van der Waals surface area contributed by atoms with Crippen molar-refractivity contribution in [2.45, 2.75) is 32.4 Å². The molecule has 1 aliphatic rings. The van der Waals surface area contributed by atoms with Gasteiger partial charge in [0, 0.05) is 37.4 Å². The maximum absolute atomic E-state index is 11.7. The average Bonchev–Trinajstić information content (AvgIpc) is 3.18. The van der Waals surface area contributed by atoms with Crippen molar-refractivity contribution in [3.05, 3.63) is 71.5 Å². The number of furan rings is 1. The first-order valence-electron chi connectivity index (χ1n) is 9.12. The molecule has 0 radical (unpaired) electrons. The third-order valence-electron chi connectivity index (χ3n) is 5.15. The molecule has 2 atom stereocenters. The summed E-state index contributed by atoms with van der Waals surface area (Å²) in [7, 11) is 0. The van der Waals surface area contributed by atoms with Gasteiger partial charge in [0.25, 0.3) is 0 Å². The number of likely N-dealkylation sites (tertiary alicyclic amines) is 1. The Bertz CT molecular complexity index is 880. The third kappa shape index (κ3) is 3.51. The summed E-state index contributed by atoms with van der Waals surface area (Å²) in [6.45, 7) is 6.18. The molecular weight excluding hydrogens is 324 g/mol. The molecule has 1 aromatic heterocycles. The molecule has 2 heterocycles. The molecule has 134 valence electrons. The number of carbonyl (C=O) groups is 1. The quantitative estimate of drug-likeness (QED) is 0.779. The number of hydrogen-bond acceptors (Lipinski definition) is 3. The molecule has 1 aliphatic heterocycles. The minimum absolute atomic E-state index is 0.0256. The Kier molecular flexibility index (Phi) is 4.51. The van der Waals surface area contributed by atoms with Crippen LogP contribution in [-0.2, 0) is 11.3 Å². The van der Waals surface area contributed by atoms with Gasteiger partial charge in [-0.3, -0.25) is 9.69 Å². The Morgan fingerprint density at radius 3 is 2.65 bits per heavy atom. The number of nitrogens with zero attached hydrogens (tertiary/aromatic N) is 1. The lowest BCUT2D eigenvalue weighted by molar-refractivity contribution is -0.119. The van der Waals surface area contributed by atoms with Gasteiger partial charge in [-0.25, -0.2) is 0 Å². The predicted octanol–water partition coefficient (Wildman–Crippen LogP) is 3.85. The SMILES string of the molecule is CC(=O)NC1CN(Cc2cc3ccccc3o2)CC1c1ccc(C)cc1. The summed E-state index contributed by atoms with van der Waals surface area (Å²) >= 11 is 0. The van der Waals surface area contributed by atoms with E-state index in [0.29, 0.717) is 5.92 Å². The Morgan fingerprint density at radius 2 is 1.92 bits per heavy atom. The number of para-hydroxylation sites is 1. The zero-order valence-corrected chi connectivity index (χ0v) is 15.2. The first kappa shape index (κ1) is 16.9. The van der Waals surface area contributed by atoms with E-state index in [1.165, 1.54) is 11.1 Å². The normalized spacial score (nSPS) is 20.5. The fourth-order valence-corrected chi connectivity index (χ4v) is 3.91. The van der Waals surface area contributed by atoms with Crippen molar-refractivity contribution in [3.63, 3.8) is 0 Å². The summed E-state index contributed by atoms with van der Waals surface area (Å²) in [6.07, 6.45) is 0. The minimum atomic E-state index is 0.0256. The highest BCUT2D eigenvalue weighted by atomic mass is 16.3. The topological polar surface area (TPSA) is 45.5 Å². The second kappa shape index (κ2) is 6.96. The number of fused-ring (bicyclic) bond motifs is 1. The summed E-state index contributed by atoms with van der Waals surface area (Å²) in [5.74, 6) is 1.29. The second-order valence-corrected chi connectivity index (χ2v) is 7.27. The number of carbonyl (C=O) groups excluding carboxylic acids is 1. The fourth-order valence-electron chi connectivity index (χ4n) is 3.91. The number of nitrogens with one attached hydrogen (secondary N) is 1. The Morgan fingerprint density at radius 1 is 1.15 bits per heavy atom. The molecule has 4 rings (SSSR count). The van der Waals surface area contributed by atoms with Gasteiger partial charge in [0.15, 0.2) is 0 Å². The lowest BCUT2D eigenvalue weighted by Crippen LogP contribution is -2.38. The fraction of sp³-hybridized carbons (Fsp3) is 0.318. The highest BCUT2D eigenvalue weighted by molar-refractivity contribution is 5.77. The van der Waals surface area contributed by atoms with Crippen molar-refractivity contribution >= 4 is 16.9 Å². The third-order valence-corrected chi connectivity index (χ3v) is 5.15. The van der Waals surface area contributed by atoms with E-state index >= 15 is 0 Å². The van der Waals surface area contributed by atoms with E-state index in [2.05, 4.69) is 53.5 Å². The highest BCUT2D eigenvalue weighted by Crippen LogP contribution is 2.30. The van der Waals surface area contributed by atoms with Crippen LogP contribution in [0.4, 0.5) is 0 Å². The molecule has 26 heavy (non-hydrogen) atoms. The molecule has 0 saturated carbocycles. The molecular formula is C22H24N2O2. The largest absolute Gasteiger partial charge is 0.460 e. The van der Waals surface area contributed by atoms with Crippen molar-refractivity contribution in [1.82, 2.24) is 10.2 Å². The molecule has 0 aliphatic carbocycles. The lowest BCUT2D eigenvalue weighted by Gasteiger charge is -2.19. The lowest BCUT2D eigenvalue weighted by atomic mass is 9.93. The molecule has 0 spiro atoms. The standard InChI is InChI=1S/C22H24N2O2/c1-15-7-9-17(10-8-15)20-13-24(14-21(20)23-16(2)25)12-19-11-18-5-3-4-6-22(18)26-19/h3-11,20-21H,12-14H2,1-2H3,(H,23,25). The van der Waals surface area contributed by atoms with Crippen molar-refractivity contribution in [1.29, 1.82) is 0 Å². The van der Waals surface area contributed by atoms with Crippen LogP contribution in [0.3, 0.4) is 0 Å². The van der Waals surface area contributed by atoms with Crippen molar-refractivity contribution < 1.29 is 9.21 Å². The smallest absolute Gasteiger partial charge is 0.217 e. The second-order valence-electron chi connectivity index (χ2n) is 7.27. The molecule has 1 saturated heterocycles. The van der Waals surface area contributed by atoms with E-state index in [9.17, 15) is 4.79 Å². The molecule has 1 fully saturated rings. The van der Waals surface area contributed by atoms with Gasteiger partial charge < -0.3 is 9.73 Å². The summed E-state index contributed by atoms with van der Waals surface area (Å²) in [4.78, 5) is 14.0. The minimum Gasteiger partial charge on any atom is -0.460 e. The monoisotopic (exact) mass is 348 g/mol. The molecule has 1 amide bonds. The number of rotatable bonds is 4. The van der Waals surface area contributed by atoms with Gasteiger partial charge in [0.05, 0.1) is 6.54 Å². The van der Waals surface area contributed by atoms with Crippen LogP contribution in [0, 0.1) is 6.92 Å². The van der Waals surface area contributed by atoms with E-state index in [1.54, 1.807) is 6.92 Å². The number of aryl methyl sites for hydroxylation is 1. The molecule has 3 aromatic rings. The molecule has 2 aromatic carbocycles. The maximum Gasteiger partial charge on any atom is 0.217 e. The van der Waals surface area contributed by atoms with E-state index in [1.807, 2.05) is 18.2 Å². The van der Waals surface area contributed by atoms with Gasteiger partial charge in [-0.2, -0.15) is 0 Å². The molecule has 0 bridgehead atoms. The Hall–Kier alpha value is -2.59. The number of amides is 1. The first-order chi connectivity index (χ1) is 12.6. The van der Waals surface area contributed by atoms with Crippen LogP contribution in [0.25, 0.3) is 11.0 Å². The van der Waals surface area contributed by atoms with E-state index in [-0.39, 0.29) is 11.9 Å². The van der Waals surface area contributed by atoms with E-state index in [0.717, 1.165) is 36.4 Å². The number of benzene rings is 2. The van der Waals surface area contributed by atoms with E-state index in [4.69, 9.17) is 4.42 Å². The van der Waals surface area contributed by atoms with Crippen molar-refractivity contribution in [3.8, 4) is 0 Å². The van der Waals surface area contributed by atoms with Gasteiger partial charge in [-0.15, -0.1) is 0 Å². The van der Waals surface area contributed by atoms with Crippen molar-refractivity contribution in [2.75, 3.05) is 13.1 Å². The highest BCUT2D eigenvalue weighted by Gasteiger charge is 2.34. The molecule has 2 unspecified atom stereocenters. The van der Waals surface area contributed by atoms with Crippen LogP contribution < -0.4 is 5.32 Å². The Balaban J connectivity index is 1.53. The number of hydrogen-bond donors (Lipinski definition) is 1. The van der Waals surface area contributed by atoms with Gasteiger partial charge in [-0.05, 0) is 24.6 Å². The Labute approximate surface area is 153 Å². The van der Waals surface area contributed by atoms with Crippen LogP contribution >= 0.6 is 0 Å². The van der Waals surface area contributed by atoms with E-state index < -0.39 is 0 Å². The molecule has 4 nitrogen and oxygen atoms in total. The van der Waals surface area contributed by atoms with Gasteiger partial charge in [0.1, 0.15) is 11.3 Å². The summed E-state index contributed by atoms with van der Waals surface area (Å²) in [5.41, 5.74) is 3.46. The zero-order valence-electron chi connectivity index (χ0n) is 15.2. The summed E-state index contributed by atoms with van der Waals surface area (Å²) in [6, 6.07) is 19.0. The van der Waals surface area contributed by atoms with Crippen LogP contribution in [0.2, 0.25) is 0 Å². The molecule has 1 N–H and O–H groups in total. The first-order valence-corrected chi connectivity index (χ1v) is 9.12. The van der Waals surface area contributed by atoms with Gasteiger partial charge in [-0.1, -0.05) is 48.0 Å². The maximum atomic E-state index is 11.7. The van der Waals surface area contributed by atoms with Crippen LogP contribution in [0.5, 0.6) is 0 Å². The van der Waals surface area contributed by atoms with Crippen molar-refractivity contribution in [2.24, 2.45) is 0 Å². The zero-order chi connectivity index (χ0) is 18.1. The predicted molar refractivity (Wildman–Crippen MR) is 103 cm³/mol. The summed E-state index contributed by atoms with van der Waals surface area (Å²) in [5, 5.41) is 4.27. The van der Waals surface area contributed by atoms with Crippen LogP contribution in [0.1, 0.15) is 29.7 Å². The van der Waals surface area contributed by atoms with Crippen LogP contribution in [-0.4, -0.2) is 29.9 Å². The summed E-state index contributed by atoms with van der Waals surface area (Å²) < 4.78 is 5.97.